The molecule has 0 spiro atoms. The number of hydrogen-bond donors (Lipinski definition) is 0. The Labute approximate surface area is 267 Å². The molecule has 7 rings (SSSR count). The minimum Gasteiger partial charge on any atom is -0.493 e. The number of ether oxygens (including phenoxy) is 2. The molecule has 232 valence electrons. The molecule has 1 atom stereocenters. The highest BCUT2D eigenvalue weighted by atomic mass is 35.5. The van der Waals surface area contributed by atoms with Gasteiger partial charge in [0.05, 0.1) is 30.8 Å². The average molecular weight is 626 g/mol. The van der Waals surface area contributed by atoms with Crippen LogP contribution in [0.15, 0.2) is 66.9 Å². The molecule has 2 saturated heterocycles. The van der Waals surface area contributed by atoms with Crippen LogP contribution < -0.4 is 9.47 Å². The molecule has 0 aliphatic carbocycles. The Morgan fingerprint density at radius 2 is 1.84 bits per heavy atom. The summed E-state index contributed by atoms with van der Waals surface area (Å²) in [5.74, 6) is 1.95. The molecule has 2 aromatic carbocycles. The maximum atomic E-state index is 13.6. The van der Waals surface area contributed by atoms with Crippen LogP contribution in [0.5, 0.6) is 11.5 Å². The number of rotatable bonds is 8. The fraction of sp³-hybridized carbons (Fsp3) is 0.343. The number of nitrogens with zero attached hydrogens (tertiary/aromatic N) is 5. The number of benzene rings is 2. The molecule has 3 aliphatic heterocycles. The monoisotopic (exact) mass is 625 g/mol. The Morgan fingerprint density at radius 3 is 2.64 bits per heavy atom. The fourth-order valence-corrected chi connectivity index (χ4v) is 6.70. The molecule has 5 heterocycles. The van der Waals surface area contributed by atoms with Crippen molar-refractivity contribution < 1.29 is 19.1 Å². The molecule has 2 amide bonds. The van der Waals surface area contributed by atoms with E-state index in [1.807, 2.05) is 81.1 Å². The molecule has 0 radical (unpaired) electrons. The van der Waals surface area contributed by atoms with E-state index < -0.39 is 0 Å². The van der Waals surface area contributed by atoms with Crippen LogP contribution in [0.25, 0.3) is 23.0 Å². The van der Waals surface area contributed by atoms with Gasteiger partial charge in [0, 0.05) is 56.1 Å². The van der Waals surface area contributed by atoms with Gasteiger partial charge in [-0.1, -0.05) is 29.8 Å². The minimum absolute atomic E-state index is 0.0508. The van der Waals surface area contributed by atoms with Crippen molar-refractivity contribution >= 4 is 35.0 Å². The van der Waals surface area contributed by atoms with Gasteiger partial charge in [0.25, 0.3) is 11.8 Å². The number of pyridine rings is 1. The van der Waals surface area contributed by atoms with Crippen LogP contribution >= 0.6 is 11.6 Å². The fourth-order valence-electron chi connectivity index (χ4n) is 6.58. The third-order valence-electron chi connectivity index (χ3n) is 9.01. The number of carbonyl (C=O) groups excluding carboxylic acids is 2. The molecule has 0 unspecified atom stereocenters. The van der Waals surface area contributed by atoms with Gasteiger partial charge < -0.3 is 19.3 Å². The van der Waals surface area contributed by atoms with Crippen LogP contribution in [0.3, 0.4) is 0 Å². The third-order valence-corrected chi connectivity index (χ3v) is 9.27. The Bertz CT molecular complexity index is 1760. The zero-order valence-corrected chi connectivity index (χ0v) is 26.1. The number of carbonyl (C=O) groups is 2. The number of hydrogen-bond acceptors (Lipinski definition) is 6. The maximum absolute atomic E-state index is 13.6. The van der Waals surface area contributed by atoms with Crippen molar-refractivity contribution in [2.24, 2.45) is 0 Å². The van der Waals surface area contributed by atoms with Gasteiger partial charge in [0.2, 0.25) is 0 Å². The molecule has 2 fully saturated rings. The molecule has 3 aliphatic rings. The molecular formula is C35H36ClN5O4. The van der Waals surface area contributed by atoms with Crippen LogP contribution in [0.1, 0.15) is 45.7 Å². The predicted octanol–water partition coefficient (Wildman–Crippen LogP) is 5.52. The summed E-state index contributed by atoms with van der Waals surface area (Å²) in [5.41, 5.74) is 3.70. The molecule has 2 aromatic heterocycles. The lowest BCUT2D eigenvalue weighted by atomic mass is 10.1. The smallest absolute Gasteiger partial charge is 0.274 e. The lowest BCUT2D eigenvalue weighted by Crippen LogP contribution is -2.49. The first-order chi connectivity index (χ1) is 22.0. The first-order valence-electron chi connectivity index (χ1n) is 15.6. The summed E-state index contributed by atoms with van der Waals surface area (Å²) in [7, 11) is 1.61. The second-order valence-corrected chi connectivity index (χ2v) is 12.2. The van der Waals surface area contributed by atoms with Crippen molar-refractivity contribution in [2.75, 3.05) is 53.0 Å². The molecule has 0 saturated carbocycles. The second kappa shape index (κ2) is 12.6. The number of amides is 2. The van der Waals surface area contributed by atoms with E-state index in [4.69, 9.17) is 26.1 Å². The minimum atomic E-state index is -0.0508. The Hall–Kier alpha value is -4.34. The Morgan fingerprint density at radius 1 is 1.02 bits per heavy atom. The predicted molar refractivity (Wildman–Crippen MR) is 174 cm³/mol. The summed E-state index contributed by atoms with van der Waals surface area (Å²) < 4.78 is 13.7. The highest BCUT2D eigenvalue weighted by Crippen LogP contribution is 2.35. The molecule has 0 N–H and O–H groups in total. The third kappa shape index (κ3) is 5.78. The van der Waals surface area contributed by atoms with Crippen LogP contribution in [-0.4, -0.2) is 94.9 Å². The van der Waals surface area contributed by atoms with Gasteiger partial charge in [-0.25, -0.2) is 4.98 Å². The number of aromatic nitrogens is 2. The highest BCUT2D eigenvalue weighted by Gasteiger charge is 2.32. The van der Waals surface area contributed by atoms with E-state index in [2.05, 4.69) is 11.0 Å². The van der Waals surface area contributed by atoms with Crippen molar-refractivity contribution in [1.29, 1.82) is 0 Å². The Balaban J connectivity index is 0.946. The summed E-state index contributed by atoms with van der Waals surface area (Å²) in [6.07, 6.45) is 8.97. The summed E-state index contributed by atoms with van der Waals surface area (Å²) in [6, 6.07) is 17.2. The van der Waals surface area contributed by atoms with Crippen molar-refractivity contribution in [2.45, 2.75) is 25.3 Å². The first kappa shape index (κ1) is 29.4. The second-order valence-electron chi connectivity index (χ2n) is 11.7. The van der Waals surface area contributed by atoms with Crippen molar-refractivity contribution in [3.8, 4) is 22.9 Å². The van der Waals surface area contributed by atoms with Gasteiger partial charge in [-0.2, -0.15) is 0 Å². The van der Waals surface area contributed by atoms with E-state index in [0.29, 0.717) is 47.5 Å². The van der Waals surface area contributed by atoms with Crippen molar-refractivity contribution in [3.63, 3.8) is 0 Å². The standard InChI is InChI=1S/C35H36ClN5O4/c1-44-30-23-28-25(10-13-27-6-4-16-40(27)34(28)42)22-31(30)45-21-5-14-38-17-19-39(20-18-38)35(43)32-29-7-2-3-15-41(29)33(37-32)24-8-11-26(36)12-9-24/h2-3,7-13,15,22-23,27H,4-6,14,16-21H2,1H3/t27-/m0/s1. The summed E-state index contributed by atoms with van der Waals surface area (Å²) in [6.45, 7) is 5.02. The van der Waals surface area contributed by atoms with Crippen molar-refractivity contribution in [1.82, 2.24) is 24.1 Å². The van der Waals surface area contributed by atoms with E-state index in [0.717, 1.165) is 67.9 Å². The SMILES string of the molecule is COc1cc2c(cc1OCCCN1CCN(C(=O)c3nc(-c4ccc(Cl)cc4)n4ccccc34)CC1)C=C[C@@H]1CCCN1C2=O. The molecule has 45 heavy (non-hydrogen) atoms. The quantitative estimate of drug-likeness (QED) is 0.240. The van der Waals surface area contributed by atoms with Crippen LogP contribution in [0.4, 0.5) is 0 Å². The number of halogens is 1. The topological polar surface area (TPSA) is 79.6 Å². The van der Waals surface area contributed by atoms with E-state index in [-0.39, 0.29) is 17.9 Å². The van der Waals surface area contributed by atoms with Crippen LogP contribution in [0.2, 0.25) is 5.02 Å². The number of piperazine rings is 1. The molecule has 4 aromatic rings. The van der Waals surface area contributed by atoms with E-state index >= 15 is 0 Å². The van der Waals surface area contributed by atoms with E-state index in [1.165, 1.54) is 0 Å². The molecule has 10 heteroatoms. The lowest BCUT2D eigenvalue weighted by molar-refractivity contribution is 0.0627. The zero-order chi connectivity index (χ0) is 30.9. The maximum Gasteiger partial charge on any atom is 0.274 e. The van der Waals surface area contributed by atoms with Gasteiger partial charge >= 0.3 is 0 Å². The summed E-state index contributed by atoms with van der Waals surface area (Å²) in [5, 5.41) is 0.657. The molecule has 0 bridgehead atoms. The largest absolute Gasteiger partial charge is 0.493 e. The van der Waals surface area contributed by atoms with Gasteiger partial charge in [-0.15, -0.1) is 0 Å². The van der Waals surface area contributed by atoms with Gasteiger partial charge in [0.1, 0.15) is 5.82 Å². The van der Waals surface area contributed by atoms with Gasteiger partial charge in [0.15, 0.2) is 17.2 Å². The van der Waals surface area contributed by atoms with E-state index in [1.54, 1.807) is 7.11 Å². The molecule has 9 nitrogen and oxygen atoms in total. The first-order valence-corrected chi connectivity index (χ1v) is 16.0. The zero-order valence-electron chi connectivity index (χ0n) is 25.3. The lowest BCUT2D eigenvalue weighted by Gasteiger charge is -2.34. The number of fused-ring (bicyclic) bond motifs is 3. The summed E-state index contributed by atoms with van der Waals surface area (Å²) >= 11 is 6.10. The van der Waals surface area contributed by atoms with Gasteiger partial charge in [-0.05, 0) is 73.4 Å². The van der Waals surface area contributed by atoms with Crippen LogP contribution in [0, 0.1) is 0 Å². The van der Waals surface area contributed by atoms with E-state index in [9.17, 15) is 9.59 Å². The number of imidazole rings is 1. The Kier molecular flexibility index (Phi) is 8.21. The van der Waals surface area contributed by atoms with Crippen molar-refractivity contribution in [3.05, 3.63) is 88.7 Å². The van der Waals surface area contributed by atoms with Crippen LogP contribution in [-0.2, 0) is 0 Å². The normalized spacial score (nSPS) is 18.2. The summed E-state index contributed by atoms with van der Waals surface area (Å²) in [4.78, 5) is 37.8. The highest BCUT2D eigenvalue weighted by molar-refractivity contribution is 6.30. The number of methoxy groups -OCH3 is 1. The van der Waals surface area contributed by atoms with Gasteiger partial charge in [-0.3, -0.25) is 18.9 Å². The molecular weight excluding hydrogens is 590 g/mol. The average Bonchev–Trinajstić information content (AvgIpc) is 3.68.